The van der Waals surface area contributed by atoms with Crippen LogP contribution < -0.4 is 0 Å². The van der Waals surface area contributed by atoms with Gasteiger partial charge in [-0.1, -0.05) is 44.2 Å². The maximum Gasteiger partial charge on any atom is 0.268 e. The van der Waals surface area contributed by atoms with Crippen LogP contribution in [0.4, 0.5) is 0 Å². The predicted molar refractivity (Wildman–Crippen MR) is 127 cm³/mol. The van der Waals surface area contributed by atoms with Gasteiger partial charge in [0.1, 0.15) is 18.2 Å². The Balaban J connectivity index is 1.68. The molecule has 2 aliphatic rings. The van der Waals surface area contributed by atoms with Crippen LogP contribution >= 0.6 is 0 Å². The van der Waals surface area contributed by atoms with Crippen LogP contribution in [0.5, 0.6) is 0 Å². The van der Waals surface area contributed by atoms with Crippen LogP contribution in [0.2, 0.25) is 0 Å². The van der Waals surface area contributed by atoms with Gasteiger partial charge < -0.3 is 10.0 Å². The van der Waals surface area contributed by atoms with E-state index in [1.165, 1.54) is 9.96 Å². The zero-order valence-electron chi connectivity index (χ0n) is 20.9. The third kappa shape index (κ3) is 5.40. The summed E-state index contributed by atoms with van der Waals surface area (Å²) in [5, 5.41) is 11.8. The SMILES string of the molecule is CC(C)CN1C(CN(C)[C@H](C(=O)N(C)C)[C@@H](C)O)CCC12CN(OCc1ccccc1)C2=O. The molecule has 2 heterocycles. The van der Waals surface area contributed by atoms with E-state index in [-0.39, 0.29) is 17.9 Å². The quantitative estimate of drug-likeness (QED) is 0.535. The summed E-state index contributed by atoms with van der Waals surface area (Å²) in [6.07, 6.45) is 0.868. The van der Waals surface area contributed by atoms with Gasteiger partial charge in [-0.2, -0.15) is 0 Å². The normalized spacial score (nSPS) is 25.1. The van der Waals surface area contributed by atoms with Gasteiger partial charge in [0.25, 0.3) is 5.91 Å². The Labute approximate surface area is 198 Å². The second-order valence-electron chi connectivity index (χ2n) is 10.2. The summed E-state index contributed by atoms with van der Waals surface area (Å²) in [5.41, 5.74) is 0.504. The number of β-lactam (4-membered cyclic amide) rings is 1. The molecule has 0 radical (unpaired) electrons. The number of carbonyl (C=O) groups excluding carboxylic acids is 2. The maximum atomic E-state index is 13.3. The summed E-state index contributed by atoms with van der Waals surface area (Å²) in [6.45, 7) is 8.33. The second kappa shape index (κ2) is 10.5. The lowest BCUT2D eigenvalue weighted by molar-refractivity contribution is -0.244. The number of carbonyl (C=O) groups is 2. The first-order valence-corrected chi connectivity index (χ1v) is 11.9. The molecule has 8 heteroatoms. The van der Waals surface area contributed by atoms with Crippen LogP contribution in [-0.4, -0.2) is 101 Å². The lowest BCUT2D eigenvalue weighted by atomic mass is 9.87. The topological polar surface area (TPSA) is 76.6 Å². The van der Waals surface area contributed by atoms with E-state index >= 15 is 0 Å². The molecule has 1 spiro atoms. The number of hydrogen-bond acceptors (Lipinski definition) is 6. The largest absolute Gasteiger partial charge is 0.391 e. The third-order valence-corrected chi connectivity index (χ3v) is 6.83. The average Bonchev–Trinajstić information content (AvgIpc) is 3.10. The van der Waals surface area contributed by atoms with Crippen molar-refractivity contribution in [1.29, 1.82) is 0 Å². The van der Waals surface area contributed by atoms with E-state index in [0.29, 0.717) is 25.6 Å². The number of amides is 2. The van der Waals surface area contributed by atoms with Crippen LogP contribution in [-0.2, 0) is 21.0 Å². The smallest absolute Gasteiger partial charge is 0.268 e. The van der Waals surface area contributed by atoms with Crippen molar-refractivity contribution in [3.63, 3.8) is 0 Å². The molecule has 2 saturated heterocycles. The summed E-state index contributed by atoms with van der Waals surface area (Å²) < 4.78 is 0. The molecule has 0 aliphatic carbocycles. The number of hydroxylamine groups is 2. The number of rotatable bonds is 10. The number of likely N-dealkylation sites (N-methyl/N-ethyl adjacent to an activating group) is 2. The van der Waals surface area contributed by atoms with Crippen molar-refractivity contribution in [1.82, 2.24) is 19.8 Å². The van der Waals surface area contributed by atoms with Gasteiger partial charge in [0.05, 0.1) is 12.6 Å². The first kappa shape index (κ1) is 25.6. The maximum absolute atomic E-state index is 13.3. The summed E-state index contributed by atoms with van der Waals surface area (Å²) in [4.78, 5) is 37.6. The molecular weight excluding hydrogens is 420 g/mol. The van der Waals surface area contributed by atoms with Gasteiger partial charge in [0.15, 0.2) is 0 Å². The monoisotopic (exact) mass is 460 g/mol. The average molecular weight is 461 g/mol. The van der Waals surface area contributed by atoms with Crippen molar-refractivity contribution in [3.8, 4) is 0 Å². The number of nitrogens with zero attached hydrogens (tertiary/aromatic N) is 4. The number of hydrogen-bond donors (Lipinski definition) is 1. The fourth-order valence-corrected chi connectivity index (χ4v) is 5.18. The molecule has 1 N–H and O–H groups in total. The van der Waals surface area contributed by atoms with Crippen LogP contribution in [0.15, 0.2) is 30.3 Å². The van der Waals surface area contributed by atoms with Gasteiger partial charge in [0.2, 0.25) is 5.91 Å². The van der Waals surface area contributed by atoms with Crippen molar-refractivity contribution < 1.29 is 19.5 Å². The van der Waals surface area contributed by atoms with Crippen LogP contribution in [0.3, 0.4) is 0 Å². The lowest BCUT2D eigenvalue weighted by Crippen LogP contribution is -2.73. The Hall–Kier alpha value is -2.00. The zero-order valence-corrected chi connectivity index (χ0v) is 20.9. The molecule has 1 aromatic rings. The fraction of sp³-hybridized carbons (Fsp3) is 0.680. The minimum absolute atomic E-state index is 0.0284. The Morgan fingerprint density at radius 3 is 2.42 bits per heavy atom. The molecule has 8 nitrogen and oxygen atoms in total. The van der Waals surface area contributed by atoms with Crippen LogP contribution in [0, 0.1) is 5.92 Å². The molecule has 2 fully saturated rings. The highest BCUT2D eigenvalue weighted by Crippen LogP contribution is 2.43. The molecule has 0 aromatic heterocycles. The molecule has 4 atom stereocenters. The minimum Gasteiger partial charge on any atom is -0.391 e. The highest BCUT2D eigenvalue weighted by Gasteiger charge is 2.61. The van der Waals surface area contributed by atoms with E-state index in [1.807, 2.05) is 42.3 Å². The summed E-state index contributed by atoms with van der Waals surface area (Å²) >= 11 is 0. The first-order chi connectivity index (χ1) is 15.6. The first-order valence-electron chi connectivity index (χ1n) is 11.9. The Bertz CT molecular complexity index is 816. The molecule has 0 bridgehead atoms. The van der Waals surface area contributed by atoms with Crippen LogP contribution in [0.25, 0.3) is 0 Å². The van der Waals surface area contributed by atoms with Gasteiger partial charge in [-0.15, -0.1) is 0 Å². The van der Waals surface area contributed by atoms with Crippen molar-refractivity contribution in [3.05, 3.63) is 35.9 Å². The minimum atomic E-state index is -0.786. The zero-order chi connectivity index (χ0) is 24.3. The van der Waals surface area contributed by atoms with E-state index in [0.717, 1.165) is 24.9 Å². The van der Waals surface area contributed by atoms with Crippen LogP contribution in [0.1, 0.15) is 39.2 Å². The number of likely N-dealkylation sites (tertiary alicyclic amines) is 1. The van der Waals surface area contributed by atoms with E-state index in [2.05, 4.69) is 18.7 Å². The molecule has 1 aromatic carbocycles. The Morgan fingerprint density at radius 1 is 1.21 bits per heavy atom. The fourth-order valence-electron chi connectivity index (χ4n) is 5.18. The van der Waals surface area contributed by atoms with Gasteiger partial charge in [-0.05, 0) is 38.3 Å². The van der Waals surface area contributed by atoms with E-state index in [4.69, 9.17) is 4.84 Å². The molecular formula is C25H40N4O4. The van der Waals surface area contributed by atoms with Gasteiger partial charge in [0, 0.05) is 33.2 Å². The highest BCUT2D eigenvalue weighted by atomic mass is 16.7. The van der Waals surface area contributed by atoms with E-state index < -0.39 is 17.7 Å². The Morgan fingerprint density at radius 2 is 1.88 bits per heavy atom. The number of aliphatic hydroxyl groups excluding tert-OH is 1. The predicted octanol–water partition coefficient (Wildman–Crippen LogP) is 1.59. The second-order valence-corrected chi connectivity index (χ2v) is 10.2. The molecule has 184 valence electrons. The molecule has 3 rings (SSSR count). The summed E-state index contributed by atoms with van der Waals surface area (Å²) in [5.74, 6) is 0.312. The lowest BCUT2D eigenvalue weighted by Gasteiger charge is -2.52. The van der Waals surface area contributed by atoms with Crippen molar-refractivity contribution in [2.45, 2.75) is 63.9 Å². The van der Waals surface area contributed by atoms with Crippen molar-refractivity contribution >= 4 is 11.8 Å². The van der Waals surface area contributed by atoms with E-state index in [9.17, 15) is 14.7 Å². The third-order valence-electron chi connectivity index (χ3n) is 6.83. The number of benzene rings is 1. The Kier molecular flexibility index (Phi) is 8.16. The van der Waals surface area contributed by atoms with Crippen molar-refractivity contribution in [2.24, 2.45) is 5.92 Å². The van der Waals surface area contributed by atoms with E-state index in [1.54, 1.807) is 21.0 Å². The summed E-state index contributed by atoms with van der Waals surface area (Å²) in [7, 11) is 5.30. The number of aliphatic hydroxyl groups is 1. The van der Waals surface area contributed by atoms with Gasteiger partial charge in [-0.25, -0.2) is 5.06 Å². The highest BCUT2D eigenvalue weighted by molar-refractivity contribution is 5.92. The van der Waals surface area contributed by atoms with Crippen molar-refractivity contribution in [2.75, 3.05) is 40.8 Å². The molecule has 0 saturated carbocycles. The molecule has 33 heavy (non-hydrogen) atoms. The molecule has 2 amide bonds. The van der Waals surface area contributed by atoms with Gasteiger partial charge >= 0.3 is 0 Å². The standard InChI is InChI=1S/C25H40N4O4/c1-18(2)14-28-21(15-27(6)22(19(3)30)23(31)26(4)5)12-13-25(28)17-29(24(25)32)33-16-20-10-8-7-9-11-20/h7-11,18-19,21-22,30H,12-17H2,1-6H3/t19-,21?,22+,25?/m1/s1. The van der Waals surface area contributed by atoms with Gasteiger partial charge in [-0.3, -0.25) is 24.2 Å². The molecule has 2 unspecified atom stereocenters. The summed E-state index contributed by atoms with van der Waals surface area (Å²) in [6, 6.07) is 9.37. The molecule has 2 aliphatic heterocycles.